The molecule has 4 heteroatoms. The number of alkyl halides is 3. The van der Waals surface area contributed by atoms with Crippen molar-refractivity contribution >= 4 is 0 Å². The van der Waals surface area contributed by atoms with Crippen molar-refractivity contribution in [2.75, 3.05) is 6.61 Å². The van der Waals surface area contributed by atoms with Crippen molar-refractivity contribution in [1.29, 1.82) is 0 Å². The van der Waals surface area contributed by atoms with Gasteiger partial charge in [0, 0.05) is 6.61 Å². The zero-order valence-electron chi connectivity index (χ0n) is 16.4. The molecule has 2 saturated carbocycles. The summed E-state index contributed by atoms with van der Waals surface area (Å²) in [5, 5.41) is 0. The highest BCUT2D eigenvalue weighted by molar-refractivity contribution is 5.26. The maximum absolute atomic E-state index is 12.5. The Hall–Kier alpha value is -1.03. The van der Waals surface area contributed by atoms with Crippen LogP contribution >= 0.6 is 0 Å². The van der Waals surface area contributed by atoms with Gasteiger partial charge in [0.15, 0.2) is 0 Å². The molecule has 2 aliphatic rings. The number of rotatable bonds is 6. The zero-order chi connectivity index (χ0) is 19.3. The van der Waals surface area contributed by atoms with Gasteiger partial charge < -0.3 is 4.74 Å². The smallest absolute Gasteiger partial charge is 0.378 e. The largest absolute Gasteiger partial charge is 0.393 e. The molecule has 1 aromatic rings. The van der Waals surface area contributed by atoms with Gasteiger partial charge in [-0.15, -0.1) is 0 Å². The van der Waals surface area contributed by atoms with Gasteiger partial charge in [-0.25, -0.2) is 0 Å². The van der Waals surface area contributed by atoms with Crippen molar-refractivity contribution in [3.63, 3.8) is 0 Å². The standard InChI is InChI=1S/C23H33F3O/c1-2-15-27-22-13-11-21(12-14-22)20-9-7-19(8-10-20)18-5-3-17(4-6-18)16-23(24,25)26/h3-6,19-22H,2,7-16H2,1H3/t19-,20-,21-,22-. The molecule has 1 nitrogen and oxygen atoms in total. The van der Waals surface area contributed by atoms with E-state index >= 15 is 0 Å². The fourth-order valence-electron chi connectivity index (χ4n) is 5.07. The van der Waals surface area contributed by atoms with Crippen molar-refractivity contribution in [3.05, 3.63) is 35.4 Å². The summed E-state index contributed by atoms with van der Waals surface area (Å²) in [6, 6.07) is 7.16. The molecule has 0 heterocycles. The van der Waals surface area contributed by atoms with E-state index < -0.39 is 12.6 Å². The normalized spacial score (nSPS) is 29.6. The quantitative estimate of drug-likeness (QED) is 0.512. The molecular weight excluding hydrogens is 349 g/mol. The molecule has 0 N–H and O–H groups in total. The highest BCUT2D eigenvalue weighted by Gasteiger charge is 2.32. The third-order valence-corrected chi connectivity index (χ3v) is 6.57. The minimum atomic E-state index is -4.12. The van der Waals surface area contributed by atoms with E-state index in [4.69, 9.17) is 4.74 Å². The molecule has 0 atom stereocenters. The van der Waals surface area contributed by atoms with Crippen molar-refractivity contribution in [3.8, 4) is 0 Å². The van der Waals surface area contributed by atoms with Gasteiger partial charge in [-0.1, -0.05) is 31.2 Å². The number of halogens is 3. The summed E-state index contributed by atoms with van der Waals surface area (Å²) in [5.74, 6) is 2.20. The van der Waals surface area contributed by atoms with Crippen LogP contribution in [0.2, 0.25) is 0 Å². The van der Waals surface area contributed by atoms with Gasteiger partial charge in [-0.3, -0.25) is 0 Å². The van der Waals surface area contributed by atoms with Crippen LogP contribution in [0.4, 0.5) is 13.2 Å². The first-order valence-electron chi connectivity index (χ1n) is 10.7. The third kappa shape index (κ3) is 6.23. The lowest BCUT2D eigenvalue weighted by Gasteiger charge is -2.38. The molecule has 0 bridgehead atoms. The van der Waals surface area contributed by atoms with Gasteiger partial charge in [-0.2, -0.15) is 13.2 Å². The summed E-state index contributed by atoms with van der Waals surface area (Å²) in [6.07, 6.45) is 6.53. The van der Waals surface area contributed by atoms with Crippen LogP contribution < -0.4 is 0 Å². The number of benzene rings is 1. The Morgan fingerprint density at radius 3 is 1.93 bits per heavy atom. The van der Waals surface area contributed by atoms with E-state index in [0.29, 0.717) is 17.6 Å². The first-order chi connectivity index (χ1) is 12.9. The lowest BCUT2D eigenvalue weighted by atomic mass is 9.69. The lowest BCUT2D eigenvalue weighted by molar-refractivity contribution is -0.127. The van der Waals surface area contributed by atoms with Crippen molar-refractivity contribution in [2.45, 2.75) is 89.3 Å². The molecule has 0 amide bonds. The molecule has 1 aromatic carbocycles. The van der Waals surface area contributed by atoms with E-state index in [0.717, 1.165) is 24.9 Å². The van der Waals surface area contributed by atoms with Crippen LogP contribution in [0.3, 0.4) is 0 Å². The third-order valence-electron chi connectivity index (χ3n) is 6.57. The molecule has 3 rings (SSSR count). The molecule has 27 heavy (non-hydrogen) atoms. The molecule has 0 saturated heterocycles. The molecule has 0 unspecified atom stereocenters. The Labute approximate surface area is 161 Å². The molecule has 152 valence electrons. The molecule has 0 radical (unpaired) electrons. The highest BCUT2D eigenvalue weighted by atomic mass is 19.4. The van der Waals surface area contributed by atoms with Crippen LogP contribution in [0.15, 0.2) is 24.3 Å². The first kappa shape index (κ1) is 20.7. The second-order valence-electron chi connectivity index (χ2n) is 8.55. The highest BCUT2D eigenvalue weighted by Crippen LogP contribution is 2.43. The summed E-state index contributed by atoms with van der Waals surface area (Å²) in [4.78, 5) is 0. The monoisotopic (exact) mass is 382 g/mol. The fraction of sp³-hybridized carbons (Fsp3) is 0.739. The van der Waals surface area contributed by atoms with E-state index in [1.54, 1.807) is 12.1 Å². The maximum atomic E-state index is 12.5. The molecule has 0 spiro atoms. The molecule has 0 aromatic heterocycles. The van der Waals surface area contributed by atoms with Gasteiger partial charge in [0.25, 0.3) is 0 Å². The van der Waals surface area contributed by atoms with Crippen LogP contribution in [0.1, 0.15) is 81.8 Å². The lowest BCUT2D eigenvalue weighted by Crippen LogP contribution is -2.28. The predicted molar refractivity (Wildman–Crippen MR) is 103 cm³/mol. The number of hydrogen-bond acceptors (Lipinski definition) is 1. The second-order valence-corrected chi connectivity index (χ2v) is 8.55. The summed E-state index contributed by atoms with van der Waals surface area (Å²) in [5.41, 5.74) is 1.58. The predicted octanol–water partition coefficient (Wildman–Crippen LogP) is 7.05. The SMILES string of the molecule is CCCO[C@H]1CC[C@H]([C@H]2CC[C@H](c3ccc(CC(F)(F)F)cc3)CC2)CC1. The average molecular weight is 383 g/mol. The van der Waals surface area contributed by atoms with E-state index in [-0.39, 0.29) is 0 Å². The van der Waals surface area contributed by atoms with Gasteiger partial charge in [0.2, 0.25) is 0 Å². The summed E-state index contributed by atoms with van der Waals surface area (Å²) in [6.45, 7) is 3.05. The minimum Gasteiger partial charge on any atom is -0.378 e. The van der Waals surface area contributed by atoms with Gasteiger partial charge >= 0.3 is 6.18 Å². The molecular formula is C23H33F3O. The molecule has 2 aliphatic carbocycles. The van der Waals surface area contributed by atoms with Crippen LogP contribution in [-0.2, 0) is 11.2 Å². The Bertz CT molecular complexity index is 550. The van der Waals surface area contributed by atoms with Gasteiger partial charge in [-0.05, 0) is 86.7 Å². The Morgan fingerprint density at radius 1 is 0.852 bits per heavy atom. The summed E-state index contributed by atoms with van der Waals surface area (Å²) < 4.78 is 43.4. The maximum Gasteiger partial charge on any atom is 0.393 e. The van der Waals surface area contributed by atoms with Crippen LogP contribution in [0.25, 0.3) is 0 Å². The van der Waals surface area contributed by atoms with Gasteiger partial charge in [0.1, 0.15) is 0 Å². The number of hydrogen-bond donors (Lipinski definition) is 0. The van der Waals surface area contributed by atoms with Crippen LogP contribution in [0, 0.1) is 11.8 Å². The average Bonchev–Trinajstić information content (AvgIpc) is 2.66. The first-order valence-corrected chi connectivity index (χ1v) is 10.7. The number of ether oxygens (including phenoxy) is 1. The van der Waals surface area contributed by atoms with Crippen LogP contribution in [0.5, 0.6) is 0 Å². The Kier molecular flexibility index (Phi) is 7.24. The Morgan fingerprint density at radius 2 is 1.41 bits per heavy atom. The summed E-state index contributed by atoms with van der Waals surface area (Å²) >= 11 is 0. The van der Waals surface area contributed by atoms with Crippen molar-refractivity contribution in [2.24, 2.45) is 11.8 Å². The Balaban J connectivity index is 1.44. The zero-order valence-corrected chi connectivity index (χ0v) is 16.4. The molecule has 2 fully saturated rings. The van der Waals surface area contributed by atoms with Crippen molar-refractivity contribution in [1.82, 2.24) is 0 Å². The van der Waals surface area contributed by atoms with Gasteiger partial charge in [0.05, 0.1) is 12.5 Å². The summed E-state index contributed by atoms with van der Waals surface area (Å²) in [7, 11) is 0. The van der Waals surface area contributed by atoms with E-state index in [9.17, 15) is 13.2 Å². The fourth-order valence-corrected chi connectivity index (χ4v) is 5.07. The molecule has 0 aliphatic heterocycles. The van der Waals surface area contributed by atoms with E-state index in [1.807, 2.05) is 12.1 Å². The second kappa shape index (κ2) is 9.45. The van der Waals surface area contributed by atoms with E-state index in [2.05, 4.69) is 6.92 Å². The topological polar surface area (TPSA) is 9.23 Å². The van der Waals surface area contributed by atoms with Crippen molar-refractivity contribution < 1.29 is 17.9 Å². The van der Waals surface area contributed by atoms with Crippen LogP contribution in [-0.4, -0.2) is 18.9 Å². The van der Waals surface area contributed by atoms with E-state index in [1.165, 1.54) is 56.9 Å². The minimum absolute atomic E-state index is 0.363.